The van der Waals surface area contributed by atoms with Gasteiger partial charge in [-0.1, -0.05) is 0 Å². The molecule has 0 amide bonds. The summed E-state index contributed by atoms with van der Waals surface area (Å²) in [7, 11) is 0. The van der Waals surface area contributed by atoms with E-state index in [1.165, 1.54) is 30.8 Å². The Morgan fingerprint density at radius 2 is 2.00 bits per heavy atom. The fourth-order valence-electron chi connectivity index (χ4n) is 1.26. The zero-order valence-corrected chi connectivity index (χ0v) is 10.4. The van der Waals surface area contributed by atoms with Crippen LogP contribution in [0, 0.1) is 0 Å². The largest absolute Gasteiger partial charge is 0.478 e. The van der Waals surface area contributed by atoms with Crippen molar-refractivity contribution in [1.82, 2.24) is 0 Å². The van der Waals surface area contributed by atoms with E-state index in [-0.39, 0.29) is 16.9 Å². The second kappa shape index (κ2) is 5.37. The molecular weight excluding hydrogens is 248 g/mol. The van der Waals surface area contributed by atoms with Crippen LogP contribution in [0.4, 0.5) is 0 Å². The summed E-state index contributed by atoms with van der Waals surface area (Å²) in [6.45, 7) is 1.53. The van der Waals surface area contributed by atoms with Gasteiger partial charge in [0, 0.05) is 10.5 Å². The molecule has 0 spiro atoms. The Morgan fingerprint density at radius 3 is 2.44 bits per heavy atom. The Bertz CT molecular complexity index is 429. The number of carbonyl (C=O) groups excluding carboxylic acids is 1. The van der Waals surface area contributed by atoms with Gasteiger partial charge in [0.2, 0.25) is 0 Å². The molecule has 0 aromatic heterocycles. The number of ketones is 1. The highest BCUT2D eigenvalue weighted by atomic mass is 35.5. The van der Waals surface area contributed by atoms with Gasteiger partial charge in [0.15, 0.2) is 5.78 Å². The molecule has 0 aliphatic heterocycles. The number of benzene rings is 1. The molecule has 1 unspecified atom stereocenters. The summed E-state index contributed by atoms with van der Waals surface area (Å²) in [6, 6.07) is 4.71. The lowest BCUT2D eigenvalue weighted by Crippen LogP contribution is -2.15. The molecule has 86 valence electrons. The Kier molecular flexibility index (Phi) is 4.38. The third-order valence-corrected chi connectivity index (χ3v) is 3.01. The summed E-state index contributed by atoms with van der Waals surface area (Å²) >= 11 is 7.09. The summed E-state index contributed by atoms with van der Waals surface area (Å²) in [5.74, 6) is -1.48. The van der Waals surface area contributed by atoms with Crippen molar-refractivity contribution in [2.45, 2.75) is 17.2 Å². The van der Waals surface area contributed by atoms with Gasteiger partial charge in [-0.15, -0.1) is 23.4 Å². The van der Waals surface area contributed by atoms with Gasteiger partial charge in [-0.05, 0) is 31.4 Å². The maximum atomic E-state index is 11.7. The zero-order chi connectivity index (χ0) is 12.3. The van der Waals surface area contributed by atoms with E-state index in [9.17, 15) is 9.59 Å². The van der Waals surface area contributed by atoms with Crippen LogP contribution in [0.1, 0.15) is 27.6 Å². The zero-order valence-electron chi connectivity index (χ0n) is 8.86. The SMILES string of the molecule is CSc1ccc(C(=O)C(C)Cl)c(C(=O)O)c1. The van der Waals surface area contributed by atoms with Crippen LogP contribution in [0.3, 0.4) is 0 Å². The van der Waals surface area contributed by atoms with Crippen molar-refractivity contribution in [3.05, 3.63) is 29.3 Å². The fraction of sp³-hybridized carbons (Fsp3) is 0.273. The van der Waals surface area contributed by atoms with Crippen molar-refractivity contribution in [2.75, 3.05) is 6.26 Å². The van der Waals surface area contributed by atoms with Crippen molar-refractivity contribution in [3.8, 4) is 0 Å². The molecule has 1 atom stereocenters. The molecule has 0 heterocycles. The van der Waals surface area contributed by atoms with E-state index in [4.69, 9.17) is 16.7 Å². The first-order valence-corrected chi connectivity index (χ1v) is 6.23. The molecule has 1 aromatic rings. The second-order valence-electron chi connectivity index (χ2n) is 3.20. The van der Waals surface area contributed by atoms with Gasteiger partial charge in [-0.25, -0.2) is 4.79 Å². The van der Waals surface area contributed by atoms with Crippen molar-refractivity contribution in [1.29, 1.82) is 0 Å². The number of carboxylic acid groups (broad SMARTS) is 1. The van der Waals surface area contributed by atoms with Crippen LogP contribution in [0.2, 0.25) is 0 Å². The minimum atomic E-state index is -1.11. The summed E-state index contributed by atoms with van der Waals surface area (Å²) < 4.78 is 0. The molecule has 0 aliphatic carbocycles. The summed E-state index contributed by atoms with van der Waals surface area (Å²) in [4.78, 5) is 23.5. The smallest absolute Gasteiger partial charge is 0.336 e. The topological polar surface area (TPSA) is 54.4 Å². The first-order chi connectivity index (χ1) is 7.47. The molecule has 0 fully saturated rings. The minimum Gasteiger partial charge on any atom is -0.478 e. The van der Waals surface area contributed by atoms with Crippen LogP contribution in [0.15, 0.2) is 23.1 Å². The lowest BCUT2D eigenvalue weighted by molar-refractivity contribution is 0.0691. The van der Waals surface area contributed by atoms with E-state index in [1.54, 1.807) is 6.07 Å². The van der Waals surface area contributed by atoms with Crippen LogP contribution in [-0.4, -0.2) is 28.5 Å². The van der Waals surface area contributed by atoms with Crippen LogP contribution in [0.5, 0.6) is 0 Å². The molecule has 1 rings (SSSR count). The molecule has 1 aromatic carbocycles. The first kappa shape index (κ1) is 13.1. The predicted octanol–water partition coefficient (Wildman–Crippen LogP) is 2.92. The molecule has 0 bridgehead atoms. The second-order valence-corrected chi connectivity index (χ2v) is 4.73. The lowest BCUT2D eigenvalue weighted by Gasteiger charge is -2.08. The normalized spacial score (nSPS) is 12.2. The Hall–Kier alpha value is -1.00. The van der Waals surface area contributed by atoms with Gasteiger partial charge in [-0.2, -0.15) is 0 Å². The molecule has 1 N–H and O–H groups in total. The number of rotatable bonds is 4. The average Bonchev–Trinajstić information content (AvgIpc) is 2.26. The molecule has 0 aliphatic rings. The third-order valence-electron chi connectivity index (χ3n) is 2.08. The highest BCUT2D eigenvalue weighted by Crippen LogP contribution is 2.21. The number of hydrogen-bond donors (Lipinski definition) is 1. The van der Waals surface area contributed by atoms with Crippen LogP contribution in [-0.2, 0) is 0 Å². The van der Waals surface area contributed by atoms with Gasteiger partial charge >= 0.3 is 5.97 Å². The lowest BCUT2D eigenvalue weighted by atomic mass is 10.0. The molecule has 16 heavy (non-hydrogen) atoms. The Labute approximate surface area is 103 Å². The Morgan fingerprint density at radius 1 is 1.38 bits per heavy atom. The van der Waals surface area contributed by atoms with E-state index in [2.05, 4.69) is 0 Å². The van der Waals surface area contributed by atoms with Gasteiger partial charge < -0.3 is 5.11 Å². The van der Waals surface area contributed by atoms with Crippen molar-refractivity contribution >= 4 is 35.1 Å². The minimum absolute atomic E-state index is 0.00403. The third kappa shape index (κ3) is 2.77. The molecule has 0 saturated heterocycles. The van der Waals surface area contributed by atoms with Crippen molar-refractivity contribution in [3.63, 3.8) is 0 Å². The number of carbonyl (C=O) groups is 2. The average molecular weight is 259 g/mol. The van der Waals surface area contributed by atoms with Crippen LogP contribution in [0.25, 0.3) is 0 Å². The van der Waals surface area contributed by atoms with Gasteiger partial charge in [-0.3, -0.25) is 4.79 Å². The number of thioether (sulfide) groups is 1. The number of carboxylic acids is 1. The number of halogens is 1. The van der Waals surface area contributed by atoms with E-state index >= 15 is 0 Å². The highest BCUT2D eigenvalue weighted by Gasteiger charge is 2.20. The highest BCUT2D eigenvalue weighted by molar-refractivity contribution is 7.98. The monoisotopic (exact) mass is 258 g/mol. The van der Waals surface area contributed by atoms with E-state index in [0.717, 1.165) is 4.90 Å². The van der Waals surface area contributed by atoms with E-state index < -0.39 is 11.3 Å². The number of aromatic carboxylic acids is 1. The molecule has 3 nitrogen and oxygen atoms in total. The molecule has 0 saturated carbocycles. The Balaban J connectivity index is 3.28. The van der Waals surface area contributed by atoms with Gasteiger partial charge in [0.25, 0.3) is 0 Å². The molecule has 5 heteroatoms. The summed E-state index contributed by atoms with van der Waals surface area (Å²) in [5, 5.41) is 8.29. The van der Waals surface area contributed by atoms with Crippen molar-refractivity contribution < 1.29 is 14.7 Å². The number of alkyl halides is 1. The number of hydrogen-bond acceptors (Lipinski definition) is 3. The van der Waals surface area contributed by atoms with Crippen molar-refractivity contribution in [2.24, 2.45) is 0 Å². The maximum Gasteiger partial charge on any atom is 0.336 e. The predicted molar refractivity (Wildman–Crippen MR) is 64.8 cm³/mol. The van der Waals surface area contributed by atoms with Gasteiger partial charge in [0.1, 0.15) is 0 Å². The van der Waals surface area contributed by atoms with E-state index in [1.807, 2.05) is 6.26 Å². The summed E-state index contributed by atoms with van der Waals surface area (Å²) in [6.07, 6.45) is 1.84. The van der Waals surface area contributed by atoms with E-state index in [0.29, 0.717) is 0 Å². The maximum absolute atomic E-state index is 11.7. The first-order valence-electron chi connectivity index (χ1n) is 4.57. The summed E-state index contributed by atoms with van der Waals surface area (Å²) in [5.41, 5.74) is 0.164. The molecular formula is C11H11ClO3S. The standard InChI is InChI=1S/C11H11ClO3S/c1-6(12)10(13)8-4-3-7(16-2)5-9(8)11(14)15/h3-6H,1-2H3,(H,14,15). The fourth-order valence-corrected chi connectivity index (χ4v) is 1.81. The number of Topliss-reactive ketones (excluding diaryl/α,β-unsaturated/α-hetero) is 1. The van der Waals surface area contributed by atoms with Crippen LogP contribution < -0.4 is 0 Å². The quantitative estimate of drug-likeness (QED) is 0.513. The molecule has 0 radical (unpaired) electrons. The van der Waals surface area contributed by atoms with Crippen LogP contribution >= 0.6 is 23.4 Å². The van der Waals surface area contributed by atoms with Gasteiger partial charge in [0.05, 0.1) is 10.9 Å².